The second-order valence-electron chi connectivity index (χ2n) is 4.24. The van der Waals surface area contributed by atoms with Crippen molar-refractivity contribution in [2.24, 2.45) is 0 Å². The Bertz CT molecular complexity index is 320. The van der Waals surface area contributed by atoms with Gasteiger partial charge in [-0.1, -0.05) is 31.2 Å². The minimum atomic E-state index is 0.231. The molecule has 0 unspecified atom stereocenters. The van der Waals surface area contributed by atoms with E-state index in [9.17, 15) is 5.11 Å². The monoisotopic (exact) mass is 205 g/mol. The Morgan fingerprint density at radius 2 is 2.27 bits per heavy atom. The number of hydrogen-bond acceptors (Lipinski definition) is 2. The summed E-state index contributed by atoms with van der Waals surface area (Å²) in [7, 11) is 0. The maximum Gasteiger partial charge on any atom is 0.0584 e. The van der Waals surface area contributed by atoms with Crippen molar-refractivity contribution in [1.29, 1.82) is 0 Å². The van der Waals surface area contributed by atoms with Gasteiger partial charge in [0.25, 0.3) is 0 Å². The van der Waals surface area contributed by atoms with Crippen LogP contribution in [0.25, 0.3) is 0 Å². The number of aliphatic hydroxyl groups is 1. The van der Waals surface area contributed by atoms with Gasteiger partial charge in [0, 0.05) is 12.1 Å². The first-order valence-corrected chi connectivity index (χ1v) is 5.80. The molecule has 0 radical (unpaired) electrons. The summed E-state index contributed by atoms with van der Waals surface area (Å²) >= 11 is 0. The molecule has 0 heterocycles. The van der Waals surface area contributed by atoms with Crippen molar-refractivity contribution < 1.29 is 5.11 Å². The number of rotatable bonds is 4. The minimum Gasteiger partial charge on any atom is -0.395 e. The molecular weight excluding hydrogens is 186 g/mol. The van der Waals surface area contributed by atoms with Gasteiger partial charge in [-0.15, -0.1) is 0 Å². The van der Waals surface area contributed by atoms with Gasteiger partial charge >= 0.3 is 0 Å². The number of aliphatic hydroxyl groups excluding tert-OH is 1. The van der Waals surface area contributed by atoms with Crippen LogP contribution in [-0.2, 0) is 6.42 Å². The maximum absolute atomic E-state index is 9.17. The molecule has 0 aliphatic heterocycles. The Hall–Kier alpha value is -0.860. The molecule has 1 aromatic rings. The highest BCUT2D eigenvalue weighted by Crippen LogP contribution is 2.31. The highest BCUT2D eigenvalue weighted by molar-refractivity contribution is 5.34. The van der Waals surface area contributed by atoms with Crippen LogP contribution in [0.4, 0.5) is 0 Å². The average molecular weight is 205 g/mol. The summed E-state index contributed by atoms with van der Waals surface area (Å²) in [5, 5.41) is 12.7. The number of benzene rings is 1. The fourth-order valence-electron chi connectivity index (χ4n) is 2.31. The molecule has 1 aromatic carbocycles. The number of aryl methyl sites for hydroxylation is 1. The molecule has 2 atom stereocenters. The van der Waals surface area contributed by atoms with Crippen molar-refractivity contribution in [3.8, 4) is 0 Å². The zero-order valence-electron chi connectivity index (χ0n) is 9.24. The summed E-state index contributed by atoms with van der Waals surface area (Å²) in [5.41, 5.74) is 2.88. The summed E-state index contributed by atoms with van der Waals surface area (Å²) in [4.78, 5) is 0. The van der Waals surface area contributed by atoms with E-state index >= 15 is 0 Å². The summed E-state index contributed by atoms with van der Waals surface area (Å²) in [6, 6.07) is 9.28. The Kier molecular flexibility index (Phi) is 3.39. The predicted molar refractivity (Wildman–Crippen MR) is 61.8 cm³/mol. The normalized spacial score (nSPS) is 21.3. The highest BCUT2D eigenvalue weighted by Gasteiger charge is 2.23. The first-order chi connectivity index (χ1) is 7.35. The van der Waals surface area contributed by atoms with Crippen LogP contribution in [0.15, 0.2) is 24.3 Å². The van der Waals surface area contributed by atoms with Gasteiger partial charge in [-0.3, -0.25) is 0 Å². The molecule has 0 bridgehead atoms. The molecular formula is C13H19NO. The Morgan fingerprint density at radius 1 is 1.47 bits per heavy atom. The SMILES string of the molecule is CC[C@@H](CO)N[C@@H]1CCc2ccccc21. The Morgan fingerprint density at radius 3 is 3.00 bits per heavy atom. The van der Waals surface area contributed by atoms with Gasteiger partial charge in [-0.25, -0.2) is 0 Å². The van der Waals surface area contributed by atoms with Gasteiger partial charge in [0.1, 0.15) is 0 Å². The Labute approximate surface area is 91.3 Å². The highest BCUT2D eigenvalue weighted by atomic mass is 16.3. The van der Waals surface area contributed by atoms with Crippen LogP contribution >= 0.6 is 0 Å². The molecule has 0 saturated carbocycles. The lowest BCUT2D eigenvalue weighted by atomic mass is 10.1. The fourth-order valence-corrected chi connectivity index (χ4v) is 2.31. The van der Waals surface area contributed by atoms with E-state index < -0.39 is 0 Å². The fraction of sp³-hybridized carbons (Fsp3) is 0.538. The number of fused-ring (bicyclic) bond motifs is 1. The number of hydrogen-bond donors (Lipinski definition) is 2. The van der Waals surface area contributed by atoms with Gasteiger partial charge < -0.3 is 10.4 Å². The minimum absolute atomic E-state index is 0.231. The van der Waals surface area contributed by atoms with Gasteiger partial charge in [0.05, 0.1) is 6.61 Å². The predicted octanol–water partition coefficient (Wildman–Crippen LogP) is 2.03. The van der Waals surface area contributed by atoms with Crippen molar-refractivity contribution in [3.63, 3.8) is 0 Å². The van der Waals surface area contributed by atoms with Gasteiger partial charge in [-0.2, -0.15) is 0 Å². The molecule has 0 aromatic heterocycles. The molecule has 2 rings (SSSR count). The van der Waals surface area contributed by atoms with Gasteiger partial charge in [0.15, 0.2) is 0 Å². The molecule has 2 nitrogen and oxygen atoms in total. The maximum atomic E-state index is 9.17. The molecule has 2 N–H and O–H groups in total. The summed E-state index contributed by atoms with van der Waals surface area (Å²) in [6.07, 6.45) is 3.31. The molecule has 82 valence electrons. The molecule has 0 saturated heterocycles. The second-order valence-corrected chi connectivity index (χ2v) is 4.24. The van der Waals surface area contributed by atoms with E-state index in [2.05, 4.69) is 36.5 Å². The molecule has 1 aliphatic carbocycles. The summed E-state index contributed by atoms with van der Waals surface area (Å²) in [5.74, 6) is 0. The lowest BCUT2D eigenvalue weighted by molar-refractivity contribution is 0.227. The largest absolute Gasteiger partial charge is 0.395 e. The smallest absolute Gasteiger partial charge is 0.0584 e. The third kappa shape index (κ3) is 2.21. The third-order valence-corrected chi connectivity index (χ3v) is 3.28. The summed E-state index contributed by atoms with van der Waals surface area (Å²) in [6.45, 7) is 2.34. The molecule has 0 fully saturated rings. The zero-order valence-corrected chi connectivity index (χ0v) is 9.24. The molecule has 1 aliphatic rings. The lowest BCUT2D eigenvalue weighted by Crippen LogP contribution is -2.34. The molecule has 2 heteroatoms. The van der Waals surface area contributed by atoms with E-state index in [0.29, 0.717) is 6.04 Å². The topological polar surface area (TPSA) is 32.3 Å². The van der Waals surface area contributed by atoms with Crippen molar-refractivity contribution >= 4 is 0 Å². The van der Waals surface area contributed by atoms with E-state index in [1.54, 1.807) is 0 Å². The van der Waals surface area contributed by atoms with Crippen LogP contribution in [-0.4, -0.2) is 17.8 Å². The van der Waals surface area contributed by atoms with Gasteiger partial charge in [0.2, 0.25) is 0 Å². The van der Waals surface area contributed by atoms with Gasteiger partial charge in [-0.05, 0) is 30.4 Å². The van der Waals surface area contributed by atoms with E-state index in [1.165, 1.54) is 11.1 Å². The van der Waals surface area contributed by atoms with E-state index in [4.69, 9.17) is 0 Å². The lowest BCUT2D eigenvalue weighted by Gasteiger charge is -2.20. The average Bonchev–Trinajstić information content (AvgIpc) is 2.69. The zero-order chi connectivity index (χ0) is 10.7. The van der Waals surface area contributed by atoms with Crippen molar-refractivity contribution in [2.45, 2.75) is 38.3 Å². The molecule has 0 spiro atoms. The van der Waals surface area contributed by atoms with Crippen molar-refractivity contribution in [2.75, 3.05) is 6.61 Å². The van der Waals surface area contributed by atoms with Crippen LogP contribution < -0.4 is 5.32 Å². The van der Waals surface area contributed by atoms with Crippen LogP contribution in [0.1, 0.15) is 36.9 Å². The van der Waals surface area contributed by atoms with E-state index in [0.717, 1.165) is 19.3 Å². The van der Waals surface area contributed by atoms with Crippen LogP contribution in [0.3, 0.4) is 0 Å². The first kappa shape index (κ1) is 10.7. The van der Waals surface area contributed by atoms with E-state index in [1.807, 2.05) is 0 Å². The van der Waals surface area contributed by atoms with Crippen molar-refractivity contribution in [3.05, 3.63) is 35.4 Å². The second kappa shape index (κ2) is 4.77. The van der Waals surface area contributed by atoms with Crippen LogP contribution in [0.2, 0.25) is 0 Å². The summed E-state index contributed by atoms with van der Waals surface area (Å²) < 4.78 is 0. The van der Waals surface area contributed by atoms with Crippen LogP contribution in [0, 0.1) is 0 Å². The van der Waals surface area contributed by atoms with Crippen molar-refractivity contribution in [1.82, 2.24) is 5.32 Å². The van der Waals surface area contributed by atoms with Crippen LogP contribution in [0.5, 0.6) is 0 Å². The molecule has 15 heavy (non-hydrogen) atoms. The Balaban J connectivity index is 2.07. The standard InChI is InChI=1S/C13H19NO/c1-2-11(9-15)14-13-8-7-10-5-3-4-6-12(10)13/h3-6,11,13-15H,2,7-9H2,1H3/t11-,13+/m0/s1. The number of nitrogens with one attached hydrogen (secondary N) is 1. The molecule has 0 amide bonds. The quantitative estimate of drug-likeness (QED) is 0.788. The third-order valence-electron chi connectivity index (χ3n) is 3.28. The first-order valence-electron chi connectivity index (χ1n) is 5.80. The van der Waals surface area contributed by atoms with E-state index in [-0.39, 0.29) is 12.6 Å².